The van der Waals surface area contributed by atoms with Crippen LogP contribution in [0.2, 0.25) is 0 Å². The van der Waals surface area contributed by atoms with Gasteiger partial charge in [-0.15, -0.1) is 11.3 Å². The number of hydrogen-bond acceptors (Lipinski definition) is 6. The van der Waals surface area contributed by atoms with Gasteiger partial charge in [0.05, 0.1) is 9.48 Å². The molecule has 0 saturated heterocycles. The fourth-order valence-corrected chi connectivity index (χ4v) is 6.00. The summed E-state index contributed by atoms with van der Waals surface area (Å²) in [4.78, 5) is 5.46. The highest BCUT2D eigenvalue weighted by Crippen LogP contribution is 2.30. The number of nitrogens with zero attached hydrogens (tertiary/aromatic N) is 1. The molecule has 5 nitrogen and oxygen atoms in total. The Morgan fingerprint density at radius 2 is 2.21 bits per heavy atom. The number of rotatable bonds is 3. The molecule has 0 saturated carbocycles. The Balaban J connectivity index is 1.86. The van der Waals surface area contributed by atoms with Crippen LogP contribution in [0.4, 0.5) is 5.13 Å². The average Bonchev–Trinajstić information content (AvgIpc) is 2.94. The number of thiophene rings is 1. The third-order valence-electron chi connectivity index (χ3n) is 2.64. The maximum Gasteiger partial charge on any atom is 0.273 e. The molecule has 0 amide bonds. The molecule has 0 aromatic carbocycles. The molecule has 3 heterocycles. The van der Waals surface area contributed by atoms with Crippen molar-refractivity contribution >= 4 is 53.8 Å². The Hall–Kier alpha value is -0.480. The van der Waals surface area contributed by atoms with E-state index in [0.717, 1.165) is 33.9 Å². The number of nitrogens with one attached hydrogen (secondary N) is 2. The highest BCUT2D eigenvalue weighted by atomic mass is 79.9. The Kier molecular flexibility index (Phi) is 3.65. The molecule has 1 aliphatic heterocycles. The van der Waals surface area contributed by atoms with Crippen LogP contribution >= 0.6 is 38.6 Å². The van der Waals surface area contributed by atoms with Crippen molar-refractivity contribution < 1.29 is 8.42 Å². The molecule has 1 aliphatic rings. The van der Waals surface area contributed by atoms with E-state index in [9.17, 15) is 8.42 Å². The van der Waals surface area contributed by atoms with Crippen LogP contribution in [-0.2, 0) is 23.0 Å². The minimum absolute atomic E-state index is 0.283. The van der Waals surface area contributed by atoms with Crippen LogP contribution in [0.3, 0.4) is 0 Å². The van der Waals surface area contributed by atoms with Crippen molar-refractivity contribution in [1.29, 1.82) is 0 Å². The summed E-state index contributed by atoms with van der Waals surface area (Å²) in [6, 6.07) is 3.29. The van der Waals surface area contributed by atoms with Crippen LogP contribution in [0.25, 0.3) is 0 Å². The third-order valence-corrected chi connectivity index (χ3v) is 7.23. The second-order valence-electron chi connectivity index (χ2n) is 3.98. The maximum absolute atomic E-state index is 12.2. The Labute approximate surface area is 127 Å². The monoisotopic (exact) mass is 379 g/mol. The van der Waals surface area contributed by atoms with Gasteiger partial charge >= 0.3 is 0 Å². The van der Waals surface area contributed by atoms with E-state index in [4.69, 9.17) is 0 Å². The van der Waals surface area contributed by atoms with Crippen LogP contribution in [0.5, 0.6) is 0 Å². The first kappa shape index (κ1) is 13.5. The van der Waals surface area contributed by atoms with E-state index in [0.29, 0.717) is 5.13 Å². The zero-order valence-electron chi connectivity index (χ0n) is 9.64. The molecule has 2 aromatic heterocycles. The SMILES string of the molecule is O=S(=O)(Nc1nc2c(s1)CNCC2)c1ccc(Br)s1. The van der Waals surface area contributed by atoms with E-state index >= 15 is 0 Å². The van der Waals surface area contributed by atoms with Gasteiger partial charge in [-0.05, 0) is 28.1 Å². The number of anilines is 1. The molecule has 2 aromatic rings. The van der Waals surface area contributed by atoms with Gasteiger partial charge in [0, 0.05) is 24.4 Å². The van der Waals surface area contributed by atoms with Gasteiger partial charge in [0.1, 0.15) is 4.21 Å². The third kappa shape index (κ3) is 2.84. The number of hydrogen-bond donors (Lipinski definition) is 2. The molecule has 9 heteroatoms. The maximum atomic E-state index is 12.2. The first-order chi connectivity index (χ1) is 9.04. The zero-order chi connectivity index (χ0) is 13.5. The van der Waals surface area contributed by atoms with E-state index < -0.39 is 10.0 Å². The molecule has 0 radical (unpaired) electrons. The molecular formula is C10H10BrN3O2S3. The summed E-state index contributed by atoms with van der Waals surface area (Å²) >= 11 is 5.83. The van der Waals surface area contributed by atoms with Gasteiger partial charge in [0.2, 0.25) is 0 Å². The number of sulfonamides is 1. The number of aromatic nitrogens is 1. The molecular weight excluding hydrogens is 370 g/mol. The van der Waals surface area contributed by atoms with Crippen LogP contribution in [0, 0.1) is 0 Å². The molecule has 0 fully saturated rings. The van der Waals surface area contributed by atoms with Crippen molar-refractivity contribution in [3.05, 3.63) is 26.5 Å². The van der Waals surface area contributed by atoms with Gasteiger partial charge in [-0.2, -0.15) is 0 Å². The lowest BCUT2D eigenvalue weighted by Crippen LogP contribution is -2.22. The fraction of sp³-hybridized carbons (Fsp3) is 0.300. The van der Waals surface area contributed by atoms with Gasteiger partial charge < -0.3 is 5.32 Å². The van der Waals surface area contributed by atoms with Gasteiger partial charge in [0.25, 0.3) is 10.0 Å². The van der Waals surface area contributed by atoms with Crippen LogP contribution in [-0.4, -0.2) is 19.9 Å². The Morgan fingerprint density at radius 1 is 1.37 bits per heavy atom. The van der Waals surface area contributed by atoms with Crippen LogP contribution < -0.4 is 10.0 Å². The van der Waals surface area contributed by atoms with Crippen molar-refractivity contribution in [2.75, 3.05) is 11.3 Å². The predicted molar refractivity (Wildman–Crippen MR) is 80.4 cm³/mol. The Bertz CT molecular complexity index is 684. The standard InChI is InChI=1S/C10H10BrN3O2S3/c11-8-1-2-9(18-8)19(15,16)14-10-13-6-3-4-12-5-7(6)17-10/h1-2,12H,3-5H2,(H,13,14). The van der Waals surface area contributed by atoms with Crippen LogP contribution in [0.15, 0.2) is 20.1 Å². The average molecular weight is 380 g/mol. The lowest BCUT2D eigenvalue weighted by molar-refractivity contribution is 0.603. The van der Waals surface area contributed by atoms with E-state index in [2.05, 4.69) is 31.0 Å². The minimum atomic E-state index is -3.53. The number of halogens is 1. The van der Waals surface area contributed by atoms with Gasteiger partial charge in [-0.3, -0.25) is 4.72 Å². The molecule has 0 aliphatic carbocycles. The van der Waals surface area contributed by atoms with E-state index in [1.807, 2.05) is 0 Å². The lowest BCUT2D eigenvalue weighted by Gasteiger charge is -2.09. The summed E-state index contributed by atoms with van der Waals surface area (Å²) in [5.41, 5.74) is 0.994. The molecule has 3 rings (SSSR count). The second-order valence-corrected chi connectivity index (χ2v) is 9.44. The molecule has 0 bridgehead atoms. The van der Waals surface area contributed by atoms with Gasteiger partial charge in [-0.25, -0.2) is 13.4 Å². The normalized spacial score (nSPS) is 15.2. The number of fused-ring (bicyclic) bond motifs is 1. The largest absolute Gasteiger partial charge is 0.311 e. The van der Waals surface area contributed by atoms with Crippen molar-refractivity contribution in [3.63, 3.8) is 0 Å². The molecule has 0 atom stereocenters. The molecule has 19 heavy (non-hydrogen) atoms. The second kappa shape index (κ2) is 5.13. The highest BCUT2D eigenvalue weighted by molar-refractivity contribution is 9.11. The molecule has 0 spiro atoms. The Morgan fingerprint density at radius 3 is 2.89 bits per heavy atom. The van der Waals surface area contributed by atoms with Crippen molar-refractivity contribution in [2.24, 2.45) is 0 Å². The highest BCUT2D eigenvalue weighted by Gasteiger charge is 2.21. The summed E-state index contributed by atoms with van der Waals surface area (Å²) in [7, 11) is -3.53. The predicted octanol–water partition coefficient (Wildman–Crippen LogP) is 2.41. The zero-order valence-corrected chi connectivity index (χ0v) is 13.7. The van der Waals surface area contributed by atoms with Gasteiger partial charge in [0.15, 0.2) is 5.13 Å². The molecule has 2 N–H and O–H groups in total. The van der Waals surface area contributed by atoms with Gasteiger partial charge in [-0.1, -0.05) is 11.3 Å². The van der Waals surface area contributed by atoms with E-state index in [1.165, 1.54) is 22.7 Å². The first-order valence-corrected chi connectivity index (χ1v) is 9.43. The minimum Gasteiger partial charge on any atom is -0.311 e. The lowest BCUT2D eigenvalue weighted by atomic mass is 10.2. The van der Waals surface area contributed by atoms with E-state index in [1.54, 1.807) is 12.1 Å². The molecule has 102 valence electrons. The number of thiazole rings is 1. The topological polar surface area (TPSA) is 71.1 Å². The first-order valence-electron chi connectivity index (χ1n) is 5.52. The summed E-state index contributed by atoms with van der Waals surface area (Å²) in [6.07, 6.45) is 0.845. The van der Waals surface area contributed by atoms with Crippen molar-refractivity contribution in [2.45, 2.75) is 17.2 Å². The van der Waals surface area contributed by atoms with E-state index in [-0.39, 0.29) is 4.21 Å². The summed E-state index contributed by atoms with van der Waals surface area (Å²) in [5.74, 6) is 0. The smallest absolute Gasteiger partial charge is 0.273 e. The summed E-state index contributed by atoms with van der Waals surface area (Å²) in [5, 5.41) is 3.68. The summed E-state index contributed by atoms with van der Waals surface area (Å²) < 4.78 is 27.9. The van der Waals surface area contributed by atoms with Crippen molar-refractivity contribution in [3.8, 4) is 0 Å². The summed E-state index contributed by atoms with van der Waals surface area (Å²) in [6.45, 7) is 1.65. The molecule has 0 unspecified atom stereocenters. The van der Waals surface area contributed by atoms with Crippen molar-refractivity contribution in [1.82, 2.24) is 10.3 Å². The van der Waals surface area contributed by atoms with Crippen LogP contribution in [0.1, 0.15) is 10.6 Å². The quantitative estimate of drug-likeness (QED) is 0.858. The fourth-order valence-electron chi connectivity index (χ4n) is 1.78.